The fourth-order valence-corrected chi connectivity index (χ4v) is 1.78. The van der Waals surface area contributed by atoms with E-state index in [1.165, 1.54) is 5.69 Å². The van der Waals surface area contributed by atoms with Gasteiger partial charge in [-0.15, -0.1) is 0 Å². The van der Waals surface area contributed by atoms with Gasteiger partial charge in [-0.25, -0.2) is 0 Å². The number of hydrogen-bond acceptors (Lipinski definition) is 2. The summed E-state index contributed by atoms with van der Waals surface area (Å²) in [6, 6.07) is 15.8. The average molecular weight is 264 g/mol. The third-order valence-electron chi connectivity index (χ3n) is 2.93. The normalized spacial score (nSPS) is 10.3. The van der Waals surface area contributed by atoms with Crippen LogP contribution in [0.2, 0.25) is 0 Å². The molecule has 2 aromatic rings. The summed E-state index contributed by atoms with van der Waals surface area (Å²) in [5, 5.41) is 3.54. The summed E-state index contributed by atoms with van der Waals surface area (Å²) in [4.78, 5) is 4.83. The maximum atomic E-state index is 8.34. The number of anilines is 1. The molecule has 0 saturated carbocycles. The Bertz CT molecular complexity index is 633. The van der Waals surface area contributed by atoms with Crippen molar-refractivity contribution in [3.8, 4) is 0 Å². The second kappa shape index (κ2) is 6.45. The number of hydrogen-bond donors (Lipinski definition) is 0. The second-order valence-corrected chi connectivity index (χ2v) is 4.60. The van der Waals surface area contributed by atoms with Crippen LogP contribution in [0.3, 0.4) is 0 Å². The molecular weight excluding hydrogens is 248 g/mol. The standard InChI is InChI=1S/C16H16N4/c1-20(2)16-11-7-14(8-12-16)4-3-13-5-9-15(10-6-13)18-19-17/h3-12H,1-2H3/b4-3+. The van der Waals surface area contributed by atoms with Crippen LogP contribution in [0, 0.1) is 0 Å². The van der Waals surface area contributed by atoms with E-state index in [1.807, 2.05) is 32.3 Å². The maximum absolute atomic E-state index is 8.34. The van der Waals surface area contributed by atoms with E-state index >= 15 is 0 Å². The lowest BCUT2D eigenvalue weighted by Crippen LogP contribution is -2.07. The van der Waals surface area contributed by atoms with Crippen molar-refractivity contribution in [2.24, 2.45) is 5.11 Å². The third kappa shape index (κ3) is 3.64. The first-order valence-electron chi connectivity index (χ1n) is 6.30. The van der Waals surface area contributed by atoms with Gasteiger partial charge in [0.1, 0.15) is 0 Å². The largest absolute Gasteiger partial charge is 0.378 e. The first-order valence-corrected chi connectivity index (χ1v) is 6.30. The molecule has 0 saturated heterocycles. The monoisotopic (exact) mass is 264 g/mol. The molecule has 0 bridgehead atoms. The van der Waals surface area contributed by atoms with E-state index in [1.54, 1.807) is 12.1 Å². The van der Waals surface area contributed by atoms with Crippen molar-refractivity contribution in [3.05, 3.63) is 70.1 Å². The first kappa shape index (κ1) is 13.7. The first-order chi connectivity index (χ1) is 9.69. The van der Waals surface area contributed by atoms with Gasteiger partial charge in [-0.2, -0.15) is 0 Å². The van der Waals surface area contributed by atoms with Crippen molar-refractivity contribution < 1.29 is 0 Å². The van der Waals surface area contributed by atoms with Gasteiger partial charge in [0.25, 0.3) is 0 Å². The summed E-state index contributed by atoms with van der Waals surface area (Å²) in [5.74, 6) is 0. The number of rotatable bonds is 4. The Kier molecular flexibility index (Phi) is 4.43. The molecule has 0 heterocycles. The van der Waals surface area contributed by atoms with Crippen LogP contribution in [0.1, 0.15) is 11.1 Å². The van der Waals surface area contributed by atoms with Crippen LogP contribution < -0.4 is 4.90 Å². The van der Waals surface area contributed by atoms with Crippen LogP contribution in [0.5, 0.6) is 0 Å². The van der Waals surface area contributed by atoms with Crippen molar-refractivity contribution in [1.29, 1.82) is 0 Å². The predicted molar refractivity (Wildman–Crippen MR) is 84.9 cm³/mol. The molecule has 0 aliphatic heterocycles. The zero-order valence-electron chi connectivity index (χ0n) is 11.6. The highest BCUT2D eigenvalue weighted by atomic mass is 15.1. The van der Waals surface area contributed by atoms with Gasteiger partial charge in [-0.05, 0) is 28.8 Å². The highest BCUT2D eigenvalue weighted by Crippen LogP contribution is 2.17. The topological polar surface area (TPSA) is 52.0 Å². The van der Waals surface area contributed by atoms with E-state index in [4.69, 9.17) is 5.53 Å². The number of benzene rings is 2. The Balaban J connectivity index is 2.10. The Labute approximate surface area is 118 Å². The van der Waals surface area contributed by atoms with Crippen molar-refractivity contribution in [2.75, 3.05) is 19.0 Å². The summed E-state index contributed by atoms with van der Waals surface area (Å²) in [5.41, 5.74) is 12.4. The molecule has 4 nitrogen and oxygen atoms in total. The van der Waals surface area contributed by atoms with Gasteiger partial charge in [0.05, 0.1) is 0 Å². The van der Waals surface area contributed by atoms with E-state index in [2.05, 4.69) is 45.3 Å². The fourth-order valence-electron chi connectivity index (χ4n) is 1.78. The Morgan fingerprint density at radius 3 is 1.85 bits per heavy atom. The van der Waals surface area contributed by atoms with Crippen molar-refractivity contribution in [1.82, 2.24) is 0 Å². The minimum atomic E-state index is 0.625. The minimum absolute atomic E-state index is 0.625. The predicted octanol–water partition coefficient (Wildman–Crippen LogP) is 4.86. The van der Waals surface area contributed by atoms with Gasteiger partial charge in [-0.1, -0.05) is 53.7 Å². The Morgan fingerprint density at radius 2 is 1.40 bits per heavy atom. The lowest BCUT2D eigenvalue weighted by molar-refractivity contribution is 1.13. The molecule has 0 amide bonds. The summed E-state index contributed by atoms with van der Waals surface area (Å²) in [7, 11) is 4.05. The van der Waals surface area contributed by atoms with Gasteiger partial charge in [0.2, 0.25) is 0 Å². The molecule has 0 N–H and O–H groups in total. The molecule has 0 unspecified atom stereocenters. The molecule has 0 radical (unpaired) electrons. The summed E-state index contributed by atoms with van der Waals surface area (Å²) >= 11 is 0. The lowest BCUT2D eigenvalue weighted by atomic mass is 10.1. The Hall–Kier alpha value is -2.71. The van der Waals surface area contributed by atoms with Gasteiger partial charge in [0, 0.05) is 30.4 Å². The molecule has 2 aromatic carbocycles. The lowest BCUT2D eigenvalue weighted by Gasteiger charge is -2.11. The number of nitrogens with zero attached hydrogens (tertiary/aromatic N) is 4. The molecule has 2 rings (SSSR count). The van der Waals surface area contributed by atoms with Gasteiger partial charge < -0.3 is 4.90 Å². The van der Waals surface area contributed by atoms with Crippen LogP contribution in [-0.4, -0.2) is 14.1 Å². The zero-order chi connectivity index (χ0) is 14.4. The highest BCUT2D eigenvalue weighted by molar-refractivity contribution is 5.71. The smallest absolute Gasteiger partial charge is 0.0375 e. The quantitative estimate of drug-likeness (QED) is 0.336. The molecule has 0 fully saturated rings. The van der Waals surface area contributed by atoms with Crippen molar-refractivity contribution in [2.45, 2.75) is 0 Å². The zero-order valence-corrected chi connectivity index (χ0v) is 11.6. The third-order valence-corrected chi connectivity index (χ3v) is 2.93. The highest BCUT2D eigenvalue weighted by Gasteiger charge is 1.94. The van der Waals surface area contributed by atoms with Crippen LogP contribution in [0.4, 0.5) is 11.4 Å². The second-order valence-electron chi connectivity index (χ2n) is 4.60. The van der Waals surface area contributed by atoms with E-state index in [-0.39, 0.29) is 0 Å². The maximum Gasteiger partial charge on any atom is 0.0375 e. The molecule has 0 spiro atoms. The molecule has 100 valence electrons. The van der Waals surface area contributed by atoms with Crippen molar-refractivity contribution >= 4 is 23.5 Å². The summed E-state index contributed by atoms with van der Waals surface area (Å²) < 4.78 is 0. The van der Waals surface area contributed by atoms with Crippen LogP contribution in [-0.2, 0) is 0 Å². The van der Waals surface area contributed by atoms with Crippen LogP contribution in [0.15, 0.2) is 53.6 Å². The van der Waals surface area contributed by atoms with Crippen molar-refractivity contribution in [3.63, 3.8) is 0 Å². The molecule has 0 atom stereocenters. The molecule has 0 aromatic heterocycles. The molecule has 0 aliphatic rings. The van der Waals surface area contributed by atoms with Crippen LogP contribution >= 0.6 is 0 Å². The fraction of sp³-hybridized carbons (Fsp3) is 0.125. The van der Waals surface area contributed by atoms with E-state index < -0.39 is 0 Å². The van der Waals surface area contributed by atoms with E-state index in [9.17, 15) is 0 Å². The van der Waals surface area contributed by atoms with Gasteiger partial charge >= 0.3 is 0 Å². The van der Waals surface area contributed by atoms with E-state index in [0.29, 0.717) is 5.69 Å². The van der Waals surface area contributed by atoms with Gasteiger partial charge in [0.15, 0.2) is 0 Å². The SMILES string of the molecule is CN(C)c1ccc(/C=C/c2ccc(N=[N+]=[N-])cc2)cc1. The molecule has 0 aliphatic carbocycles. The Morgan fingerprint density at radius 1 is 0.900 bits per heavy atom. The molecule has 4 heteroatoms. The van der Waals surface area contributed by atoms with E-state index in [0.717, 1.165) is 11.1 Å². The summed E-state index contributed by atoms with van der Waals surface area (Å²) in [6.45, 7) is 0. The molecule has 20 heavy (non-hydrogen) atoms. The van der Waals surface area contributed by atoms with Crippen LogP contribution in [0.25, 0.3) is 22.6 Å². The average Bonchev–Trinajstić information content (AvgIpc) is 2.47. The summed E-state index contributed by atoms with van der Waals surface area (Å²) in [6.07, 6.45) is 4.09. The number of azide groups is 1. The van der Waals surface area contributed by atoms with Gasteiger partial charge in [-0.3, -0.25) is 0 Å². The molecular formula is C16H16N4. The minimum Gasteiger partial charge on any atom is -0.378 e.